The van der Waals surface area contributed by atoms with E-state index < -0.39 is 4.92 Å². The van der Waals surface area contributed by atoms with E-state index in [0.29, 0.717) is 12.4 Å². The van der Waals surface area contributed by atoms with Crippen molar-refractivity contribution in [1.82, 2.24) is 0 Å². The van der Waals surface area contributed by atoms with Gasteiger partial charge in [-0.15, -0.1) is 0 Å². The van der Waals surface area contributed by atoms with Crippen molar-refractivity contribution in [3.05, 3.63) is 68.2 Å². The molecule has 0 aliphatic heterocycles. The van der Waals surface area contributed by atoms with Crippen molar-refractivity contribution in [2.24, 2.45) is 5.16 Å². The maximum Gasteiger partial charge on any atom is 0.269 e. The highest BCUT2D eigenvalue weighted by molar-refractivity contribution is 9.10. The van der Waals surface area contributed by atoms with Gasteiger partial charge < -0.3 is 9.94 Å². The standard InChI is InChI=1S/C14H11BrN2O4/c15-13-7-11(8-16-18)3-6-14(13)21-9-10-1-4-12(5-2-10)17(19)20/h1-8,18H,9H2. The molecule has 7 heteroatoms. The number of nitrogens with zero attached hydrogens (tertiary/aromatic N) is 2. The molecule has 0 heterocycles. The maximum absolute atomic E-state index is 10.6. The zero-order valence-corrected chi connectivity index (χ0v) is 12.4. The van der Waals surface area contributed by atoms with E-state index in [1.807, 2.05) is 0 Å². The molecule has 1 N–H and O–H groups in total. The highest BCUT2D eigenvalue weighted by atomic mass is 79.9. The second-order valence-electron chi connectivity index (χ2n) is 4.15. The van der Waals surface area contributed by atoms with Gasteiger partial charge in [-0.25, -0.2) is 0 Å². The number of non-ortho nitro benzene ring substituents is 1. The van der Waals surface area contributed by atoms with E-state index >= 15 is 0 Å². The van der Waals surface area contributed by atoms with Gasteiger partial charge in [-0.2, -0.15) is 0 Å². The Morgan fingerprint density at radius 2 is 2.00 bits per heavy atom. The van der Waals surface area contributed by atoms with Crippen LogP contribution in [0.25, 0.3) is 0 Å². The van der Waals surface area contributed by atoms with Gasteiger partial charge in [0, 0.05) is 12.1 Å². The molecule has 0 aromatic heterocycles. The number of hydrogen-bond acceptors (Lipinski definition) is 5. The Kier molecular flexibility index (Phi) is 4.89. The summed E-state index contributed by atoms with van der Waals surface area (Å²) < 4.78 is 6.36. The van der Waals surface area contributed by atoms with E-state index in [2.05, 4.69) is 21.1 Å². The highest BCUT2D eigenvalue weighted by Crippen LogP contribution is 2.26. The molecule has 108 valence electrons. The number of hydrogen-bond donors (Lipinski definition) is 1. The number of ether oxygens (including phenoxy) is 1. The van der Waals surface area contributed by atoms with Crippen molar-refractivity contribution in [3.8, 4) is 5.75 Å². The lowest BCUT2D eigenvalue weighted by atomic mass is 10.2. The molecular weight excluding hydrogens is 340 g/mol. The fraction of sp³-hybridized carbons (Fsp3) is 0.0714. The van der Waals surface area contributed by atoms with Gasteiger partial charge in [-0.1, -0.05) is 5.16 Å². The minimum absolute atomic E-state index is 0.0487. The molecule has 0 bridgehead atoms. The van der Waals surface area contributed by atoms with Gasteiger partial charge in [0.2, 0.25) is 0 Å². The molecule has 0 aliphatic carbocycles. The quantitative estimate of drug-likeness (QED) is 0.385. The van der Waals surface area contributed by atoms with Crippen molar-refractivity contribution in [1.29, 1.82) is 0 Å². The molecular formula is C14H11BrN2O4. The van der Waals surface area contributed by atoms with Gasteiger partial charge in [-0.3, -0.25) is 10.1 Å². The first kappa shape index (κ1) is 15.0. The van der Waals surface area contributed by atoms with Gasteiger partial charge in [-0.05, 0) is 57.4 Å². The lowest BCUT2D eigenvalue weighted by Gasteiger charge is -2.08. The molecule has 21 heavy (non-hydrogen) atoms. The molecule has 0 unspecified atom stereocenters. The topological polar surface area (TPSA) is 85.0 Å². The second-order valence-corrected chi connectivity index (χ2v) is 5.00. The predicted octanol–water partition coefficient (Wildman–Crippen LogP) is 3.74. The number of rotatable bonds is 5. The summed E-state index contributed by atoms with van der Waals surface area (Å²) in [4.78, 5) is 10.1. The molecule has 0 radical (unpaired) electrons. The summed E-state index contributed by atoms with van der Waals surface area (Å²) in [6.45, 7) is 0.296. The Hall–Kier alpha value is -2.41. The normalized spacial score (nSPS) is 10.7. The van der Waals surface area contributed by atoms with Crippen molar-refractivity contribution in [3.63, 3.8) is 0 Å². The summed E-state index contributed by atoms with van der Waals surface area (Å²) in [6.07, 6.45) is 1.31. The average molecular weight is 351 g/mol. The molecule has 6 nitrogen and oxygen atoms in total. The monoisotopic (exact) mass is 350 g/mol. The van der Waals surface area contributed by atoms with E-state index in [1.165, 1.54) is 18.3 Å². The van der Waals surface area contributed by atoms with Gasteiger partial charge in [0.1, 0.15) is 12.4 Å². The first-order valence-electron chi connectivity index (χ1n) is 5.93. The molecule has 0 amide bonds. The van der Waals surface area contributed by atoms with Crippen molar-refractivity contribution < 1.29 is 14.9 Å². The van der Waals surface area contributed by atoms with Crippen LogP contribution in [0, 0.1) is 10.1 Å². The van der Waals surface area contributed by atoms with Crippen molar-refractivity contribution in [2.75, 3.05) is 0 Å². The number of oxime groups is 1. The summed E-state index contributed by atoms with van der Waals surface area (Å²) in [5.74, 6) is 0.628. The Morgan fingerprint density at radius 1 is 1.29 bits per heavy atom. The van der Waals surface area contributed by atoms with Gasteiger partial charge in [0.05, 0.1) is 15.6 Å². The van der Waals surface area contributed by atoms with Gasteiger partial charge in [0.25, 0.3) is 5.69 Å². The lowest BCUT2D eigenvalue weighted by molar-refractivity contribution is -0.384. The van der Waals surface area contributed by atoms with Crippen LogP contribution >= 0.6 is 15.9 Å². The van der Waals surface area contributed by atoms with Crippen LogP contribution in [0.3, 0.4) is 0 Å². The SMILES string of the molecule is O=[N+]([O-])c1ccc(COc2ccc(C=NO)cc2Br)cc1. The smallest absolute Gasteiger partial charge is 0.269 e. The molecule has 2 aromatic carbocycles. The molecule has 0 aliphatic rings. The third-order valence-electron chi connectivity index (χ3n) is 2.70. The fourth-order valence-corrected chi connectivity index (χ4v) is 2.17. The summed E-state index contributed by atoms with van der Waals surface area (Å²) in [7, 11) is 0. The van der Waals surface area contributed by atoms with E-state index in [0.717, 1.165) is 15.6 Å². The summed E-state index contributed by atoms with van der Waals surface area (Å²) in [5.41, 5.74) is 1.60. The maximum atomic E-state index is 10.6. The van der Waals surface area contributed by atoms with E-state index in [9.17, 15) is 10.1 Å². The zero-order chi connectivity index (χ0) is 15.2. The van der Waals surface area contributed by atoms with Crippen LogP contribution in [0.5, 0.6) is 5.75 Å². The lowest BCUT2D eigenvalue weighted by Crippen LogP contribution is -1.97. The zero-order valence-electron chi connectivity index (χ0n) is 10.8. The van der Waals surface area contributed by atoms with Crippen LogP contribution < -0.4 is 4.74 Å². The number of benzene rings is 2. The third-order valence-corrected chi connectivity index (χ3v) is 3.32. The van der Waals surface area contributed by atoms with Crippen molar-refractivity contribution >= 4 is 27.8 Å². The summed E-state index contributed by atoms with van der Waals surface area (Å²) >= 11 is 3.36. The third kappa shape index (κ3) is 4.03. The largest absolute Gasteiger partial charge is 0.488 e. The van der Waals surface area contributed by atoms with Crippen molar-refractivity contribution in [2.45, 2.75) is 6.61 Å². The average Bonchev–Trinajstić information content (AvgIpc) is 2.47. The van der Waals surface area contributed by atoms with E-state index in [4.69, 9.17) is 9.94 Å². The van der Waals surface area contributed by atoms with Crippen LogP contribution in [-0.4, -0.2) is 16.3 Å². The molecule has 0 fully saturated rings. The summed E-state index contributed by atoms with van der Waals surface area (Å²) in [6, 6.07) is 11.4. The fourth-order valence-electron chi connectivity index (χ4n) is 1.66. The molecule has 0 saturated carbocycles. The van der Waals surface area contributed by atoms with Crippen LogP contribution in [0.15, 0.2) is 52.1 Å². The van der Waals surface area contributed by atoms with Gasteiger partial charge in [0.15, 0.2) is 0 Å². The van der Waals surface area contributed by atoms with Crippen LogP contribution in [0.1, 0.15) is 11.1 Å². The molecule has 0 saturated heterocycles. The number of halogens is 1. The molecule has 2 rings (SSSR count). The van der Waals surface area contributed by atoms with Gasteiger partial charge >= 0.3 is 0 Å². The van der Waals surface area contributed by atoms with E-state index in [1.54, 1.807) is 30.3 Å². The number of nitro benzene ring substituents is 1. The minimum atomic E-state index is -0.442. The molecule has 2 aromatic rings. The molecule has 0 atom stereocenters. The Balaban J connectivity index is 2.04. The van der Waals surface area contributed by atoms with E-state index in [-0.39, 0.29) is 5.69 Å². The Bertz CT molecular complexity index is 671. The molecule has 0 spiro atoms. The second kappa shape index (κ2) is 6.85. The predicted molar refractivity (Wildman–Crippen MR) is 81.0 cm³/mol. The van der Waals surface area contributed by atoms with Crippen LogP contribution in [-0.2, 0) is 6.61 Å². The first-order valence-corrected chi connectivity index (χ1v) is 6.72. The van der Waals surface area contributed by atoms with Crippen LogP contribution in [0.4, 0.5) is 5.69 Å². The van der Waals surface area contributed by atoms with Crippen LogP contribution in [0.2, 0.25) is 0 Å². The minimum Gasteiger partial charge on any atom is -0.488 e. The Morgan fingerprint density at radius 3 is 2.57 bits per heavy atom. The Labute approximate surface area is 128 Å². The number of nitro groups is 1. The first-order chi connectivity index (χ1) is 10.1. The summed E-state index contributed by atoms with van der Waals surface area (Å²) in [5, 5.41) is 22.0. The highest BCUT2D eigenvalue weighted by Gasteiger charge is 2.06.